The molecule has 0 aromatic heterocycles. The number of amides is 2. The molecule has 2 amide bonds. The smallest absolute Gasteiger partial charge is 0.242 e. The molecule has 7 heteroatoms. The van der Waals surface area contributed by atoms with Gasteiger partial charge in [0.1, 0.15) is 11.9 Å². The van der Waals surface area contributed by atoms with Gasteiger partial charge >= 0.3 is 0 Å². The lowest BCUT2D eigenvalue weighted by Gasteiger charge is -2.28. The van der Waals surface area contributed by atoms with Gasteiger partial charge in [0.15, 0.2) is 11.5 Å². The second-order valence-electron chi connectivity index (χ2n) is 6.30. The summed E-state index contributed by atoms with van der Waals surface area (Å²) in [6, 6.07) is 10.4. The summed E-state index contributed by atoms with van der Waals surface area (Å²) in [6.07, 6.45) is 0.0862. The first-order valence-corrected chi connectivity index (χ1v) is 8.86. The van der Waals surface area contributed by atoms with E-state index < -0.39 is 6.04 Å². The maximum absolute atomic E-state index is 13.2. The van der Waals surface area contributed by atoms with E-state index in [1.165, 1.54) is 38.3 Å². The summed E-state index contributed by atoms with van der Waals surface area (Å²) in [5.41, 5.74) is 1.47. The second kappa shape index (κ2) is 9.73. The van der Waals surface area contributed by atoms with E-state index in [1.54, 1.807) is 37.3 Å². The quantitative estimate of drug-likeness (QED) is 0.755. The molecule has 2 aromatic carbocycles. The van der Waals surface area contributed by atoms with Crippen LogP contribution in [0, 0.1) is 5.82 Å². The Labute approximate surface area is 164 Å². The number of methoxy groups -OCH3 is 2. The summed E-state index contributed by atoms with van der Waals surface area (Å²) < 4.78 is 23.7. The predicted octanol–water partition coefficient (Wildman–Crippen LogP) is 2.55. The second-order valence-corrected chi connectivity index (χ2v) is 6.30. The van der Waals surface area contributed by atoms with Crippen LogP contribution in [-0.4, -0.2) is 44.0 Å². The molecule has 0 fully saturated rings. The number of halogens is 1. The third-order valence-electron chi connectivity index (χ3n) is 4.48. The summed E-state index contributed by atoms with van der Waals surface area (Å²) in [5.74, 6) is 0.236. The molecule has 0 radical (unpaired) electrons. The Morgan fingerprint density at radius 3 is 2.21 bits per heavy atom. The highest BCUT2D eigenvalue weighted by atomic mass is 19.1. The number of carbonyl (C=O) groups is 2. The van der Waals surface area contributed by atoms with Crippen LogP contribution in [0.1, 0.15) is 18.1 Å². The number of hydrogen-bond donors (Lipinski definition) is 1. The first-order chi connectivity index (χ1) is 13.4. The molecule has 1 atom stereocenters. The zero-order chi connectivity index (χ0) is 20.7. The molecule has 0 saturated heterocycles. The Bertz CT molecular complexity index is 824. The molecule has 28 heavy (non-hydrogen) atoms. The minimum Gasteiger partial charge on any atom is -0.493 e. The van der Waals surface area contributed by atoms with Crippen LogP contribution in [0.4, 0.5) is 4.39 Å². The van der Waals surface area contributed by atoms with Crippen LogP contribution < -0.4 is 14.8 Å². The molecule has 2 rings (SSSR count). The number of carbonyl (C=O) groups excluding carboxylic acids is 2. The lowest BCUT2D eigenvalue weighted by atomic mass is 10.1. The monoisotopic (exact) mass is 388 g/mol. The van der Waals surface area contributed by atoms with Gasteiger partial charge in [-0.05, 0) is 42.3 Å². The van der Waals surface area contributed by atoms with Crippen molar-refractivity contribution in [2.75, 3.05) is 21.3 Å². The van der Waals surface area contributed by atoms with E-state index in [4.69, 9.17) is 9.47 Å². The van der Waals surface area contributed by atoms with Gasteiger partial charge in [-0.1, -0.05) is 18.2 Å². The van der Waals surface area contributed by atoms with E-state index >= 15 is 0 Å². The molecule has 0 aliphatic heterocycles. The molecular formula is C21H25FN2O4. The summed E-state index contributed by atoms with van der Waals surface area (Å²) in [6.45, 7) is 1.86. The topological polar surface area (TPSA) is 67.9 Å². The zero-order valence-electron chi connectivity index (χ0n) is 16.5. The van der Waals surface area contributed by atoms with Crippen LogP contribution in [0.5, 0.6) is 11.5 Å². The number of likely N-dealkylation sites (N-methyl/N-ethyl adjacent to an activating group) is 1. The van der Waals surface area contributed by atoms with Crippen molar-refractivity contribution in [2.45, 2.75) is 25.9 Å². The number of hydrogen-bond acceptors (Lipinski definition) is 4. The van der Waals surface area contributed by atoms with Crippen molar-refractivity contribution in [3.05, 3.63) is 59.4 Å². The number of nitrogens with one attached hydrogen (secondary N) is 1. The molecule has 0 bridgehead atoms. The molecular weight excluding hydrogens is 363 g/mol. The van der Waals surface area contributed by atoms with E-state index in [-0.39, 0.29) is 30.6 Å². The Morgan fingerprint density at radius 2 is 1.64 bits per heavy atom. The van der Waals surface area contributed by atoms with Crippen molar-refractivity contribution in [3.63, 3.8) is 0 Å². The van der Waals surface area contributed by atoms with E-state index in [9.17, 15) is 14.0 Å². The lowest BCUT2D eigenvalue weighted by Crippen LogP contribution is -2.47. The van der Waals surface area contributed by atoms with E-state index in [0.29, 0.717) is 11.5 Å². The van der Waals surface area contributed by atoms with Crippen molar-refractivity contribution in [1.29, 1.82) is 0 Å². The van der Waals surface area contributed by atoms with Gasteiger partial charge in [-0.25, -0.2) is 4.39 Å². The fourth-order valence-corrected chi connectivity index (χ4v) is 2.84. The van der Waals surface area contributed by atoms with Gasteiger partial charge in [-0.2, -0.15) is 0 Å². The average molecular weight is 388 g/mol. The number of benzene rings is 2. The van der Waals surface area contributed by atoms with Gasteiger partial charge in [0.25, 0.3) is 0 Å². The highest BCUT2D eigenvalue weighted by Crippen LogP contribution is 2.28. The highest BCUT2D eigenvalue weighted by Gasteiger charge is 2.25. The Hall–Kier alpha value is -3.09. The molecule has 0 aliphatic carbocycles. The molecule has 1 N–H and O–H groups in total. The van der Waals surface area contributed by atoms with Gasteiger partial charge in [0.05, 0.1) is 20.6 Å². The van der Waals surface area contributed by atoms with Crippen LogP contribution in [0.3, 0.4) is 0 Å². The Morgan fingerprint density at radius 1 is 1.04 bits per heavy atom. The van der Waals surface area contributed by atoms with Gasteiger partial charge in [0, 0.05) is 13.6 Å². The first-order valence-electron chi connectivity index (χ1n) is 8.86. The molecule has 0 saturated carbocycles. The highest BCUT2D eigenvalue weighted by molar-refractivity contribution is 5.88. The van der Waals surface area contributed by atoms with E-state index in [0.717, 1.165) is 11.1 Å². The van der Waals surface area contributed by atoms with Gasteiger partial charge in [-0.3, -0.25) is 9.59 Å². The summed E-state index contributed by atoms with van der Waals surface area (Å²) >= 11 is 0. The van der Waals surface area contributed by atoms with Gasteiger partial charge in [0.2, 0.25) is 11.8 Å². The summed E-state index contributed by atoms with van der Waals surface area (Å²) in [4.78, 5) is 26.6. The summed E-state index contributed by atoms with van der Waals surface area (Å²) in [5, 5.41) is 2.56. The third kappa shape index (κ3) is 5.22. The lowest BCUT2D eigenvalue weighted by molar-refractivity contribution is -0.139. The number of rotatable bonds is 8. The number of ether oxygens (including phenoxy) is 2. The normalized spacial score (nSPS) is 11.5. The predicted molar refractivity (Wildman–Crippen MR) is 104 cm³/mol. The van der Waals surface area contributed by atoms with Crippen LogP contribution in [-0.2, 0) is 22.6 Å². The van der Waals surface area contributed by atoms with Crippen molar-refractivity contribution in [1.82, 2.24) is 10.2 Å². The van der Waals surface area contributed by atoms with Crippen LogP contribution >= 0.6 is 0 Å². The third-order valence-corrected chi connectivity index (χ3v) is 4.48. The largest absolute Gasteiger partial charge is 0.493 e. The maximum atomic E-state index is 13.2. The molecule has 150 valence electrons. The maximum Gasteiger partial charge on any atom is 0.242 e. The minimum absolute atomic E-state index is 0.0862. The Kier molecular flexibility index (Phi) is 7.37. The SMILES string of the molecule is CNC(=O)C(C)N(Cc1ccc(F)cc1)C(=O)Cc1ccc(OC)c(OC)c1. The van der Waals surface area contributed by atoms with Crippen molar-refractivity contribution < 1.29 is 23.5 Å². The summed E-state index contributed by atoms with van der Waals surface area (Å²) in [7, 11) is 4.59. The van der Waals surface area contributed by atoms with E-state index in [2.05, 4.69) is 5.32 Å². The average Bonchev–Trinajstić information content (AvgIpc) is 2.71. The van der Waals surface area contributed by atoms with Crippen LogP contribution in [0.15, 0.2) is 42.5 Å². The Balaban J connectivity index is 2.25. The van der Waals surface area contributed by atoms with Gasteiger partial charge < -0.3 is 19.7 Å². The molecule has 1 unspecified atom stereocenters. The first kappa shape index (κ1) is 21.2. The van der Waals surface area contributed by atoms with Gasteiger partial charge in [-0.15, -0.1) is 0 Å². The number of nitrogens with zero attached hydrogens (tertiary/aromatic N) is 1. The van der Waals surface area contributed by atoms with Crippen LogP contribution in [0.2, 0.25) is 0 Å². The fraction of sp³-hybridized carbons (Fsp3) is 0.333. The van der Waals surface area contributed by atoms with E-state index in [1.807, 2.05) is 0 Å². The fourth-order valence-electron chi connectivity index (χ4n) is 2.84. The molecule has 0 heterocycles. The van der Waals surface area contributed by atoms with Crippen molar-refractivity contribution in [2.24, 2.45) is 0 Å². The molecule has 6 nitrogen and oxygen atoms in total. The molecule has 2 aromatic rings. The zero-order valence-corrected chi connectivity index (χ0v) is 16.5. The van der Waals surface area contributed by atoms with Crippen LogP contribution in [0.25, 0.3) is 0 Å². The standard InChI is InChI=1S/C21H25FN2O4/c1-14(21(26)23-2)24(13-15-5-8-17(22)9-6-15)20(25)12-16-7-10-18(27-3)19(11-16)28-4/h5-11,14H,12-13H2,1-4H3,(H,23,26). The van der Waals surface area contributed by atoms with Crippen molar-refractivity contribution in [3.8, 4) is 11.5 Å². The molecule has 0 aliphatic rings. The molecule has 0 spiro atoms. The minimum atomic E-state index is -0.678. The van der Waals surface area contributed by atoms with Crippen molar-refractivity contribution >= 4 is 11.8 Å².